The predicted molar refractivity (Wildman–Crippen MR) is 103 cm³/mol. The molecule has 0 aliphatic carbocycles. The van der Waals surface area contributed by atoms with Crippen LogP contribution in [-0.2, 0) is 24.3 Å². The van der Waals surface area contributed by atoms with Gasteiger partial charge in [0.1, 0.15) is 0 Å². The maximum Gasteiger partial charge on any atom is 0.193 e. The molecule has 130 valence electrons. The lowest BCUT2D eigenvalue weighted by molar-refractivity contribution is 0.185. The van der Waals surface area contributed by atoms with E-state index in [2.05, 4.69) is 66.0 Å². The largest absolute Gasteiger partial charge is 0.380 e. The standard InChI is InChI=1S/C19H27N3OS/c1-4-20-19(22(2)11-10-18-9-6-12-24-18)21-14-16-7-5-8-17(13-16)15-23-3/h5-9,12-13H,4,10-11,14-15H2,1-3H3,(H,20,21). The van der Waals surface area contributed by atoms with Gasteiger partial charge >= 0.3 is 0 Å². The number of hydrogen-bond acceptors (Lipinski definition) is 3. The molecule has 0 aliphatic rings. The van der Waals surface area contributed by atoms with Crippen molar-refractivity contribution in [2.24, 2.45) is 4.99 Å². The molecule has 1 heterocycles. The molecule has 0 saturated carbocycles. The molecule has 2 rings (SSSR count). The van der Waals surface area contributed by atoms with Crippen LogP contribution >= 0.6 is 11.3 Å². The lowest BCUT2D eigenvalue weighted by Crippen LogP contribution is -2.39. The van der Waals surface area contributed by atoms with Gasteiger partial charge in [-0.15, -0.1) is 11.3 Å². The van der Waals surface area contributed by atoms with E-state index >= 15 is 0 Å². The Balaban J connectivity index is 1.97. The summed E-state index contributed by atoms with van der Waals surface area (Å²) in [5.41, 5.74) is 2.38. The summed E-state index contributed by atoms with van der Waals surface area (Å²) in [5.74, 6) is 0.950. The molecule has 4 nitrogen and oxygen atoms in total. The van der Waals surface area contributed by atoms with Gasteiger partial charge in [0.15, 0.2) is 5.96 Å². The van der Waals surface area contributed by atoms with Crippen molar-refractivity contribution in [1.82, 2.24) is 10.2 Å². The summed E-state index contributed by atoms with van der Waals surface area (Å²) < 4.78 is 5.20. The summed E-state index contributed by atoms with van der Waals surface area (Å²) in [7, 11) is 3.81. The number of hydrogen-bond donors (Lipinski definition) is 1. The summed E-state index contributed by atoms with van der Waals surface area (Å²) in [6, 6.07) is 12.7. The molecule has 2 aromatic rings. The van der Waals surface area contributed by atoms with Crippen molar-refractivity contribution >= 4 is 17.3 Å². The number of aliphatic imine (C=N–C) groups is 1. The Morgan fingerprint density at radius 2 is 2.08 bits per heavy atom. The fourth-order valence-electron chi connectivity index (χ4n) is 2.46. The monoisotopic (exact) mass is 345 g/mol. The molecule has 24 heavy (non-hydrogen) atoms. The Morgan fingerprint density at radius 3 is 2.79 bits per heavy atom. The van der Waals surface area contributed by atoms with E-state index in [-0.39, 0.29) is 0 Å². The average Bonchev–Trinajstić information content (AvgIpc) is 3.10. The maximum absolute atomic E-state index is 5.20. The second-order valence-corrected chi connectivity index (χ2v) is 6.71. The second kappa shape index (κ2) is 10.1. The predicted octanol–water partition coefficient (Wildman–Crippen LogP) is 3.53. The molecule has 0 fully saturated rings. The number of nitrogens with zero attached hydrogens (tertiary/aromatic N) is 2. The first kappa shape index (κ1) is 18.5. The van der Waals surface area contributed by atoms with Crippen LogP contribution in [0.5, 0.6) is 0 Å². The van der Waals surface area contributed by atoms with Crippen LogP contribution in [0.15, 0.2) is 46.8 Å². The fraction of sp³-hybridized carbons (Fsp3) is 0.421. The van der Waals surface area contributed by atoms with Crippen LogP contribution in [0.25, 0.3) is 0 Å². The molecule has 1 aromatic heterocycles. The third-order valence-corrected chi connectivity index (χ3v) is 4.62. The highest BCUT2D eigenvalue weighted by Gasteiger charge is 2.06. The quantitative estimate of drug-likeness (QED) is 0.587. The topological polar surface area (TPSA) is 36.9 Å². The van der Waals surface area contributed by atoms with E-state index < -0.39 is 0 Å². The Kier molecular flexibility index (Phi) is 7.79. The molecule has 0 amide bonds. The molecule has 1 aromatic carbocycles. The van der Waals surface area contributed by atoms with Gasteiger partial charge in [-0.2, -0.15) is 0 Å². The molecule has 0 aliphatic heterocycles. The molecule has 5 heteroatoms. The van der Waals surface area contributed by atoms with E-state index in [0.29, 0.717) is 13.2 Å². The van der Waals surface area contributed by atoms with Gasteiger partial charge in [0.2, 0.25) is 0 Å². The SMILES string of the molecule is CCNC(=NCc1cccc(COC)c1)N(C)CCc1cccs1. The van der Waals surface area contributed by atoms with E-state index in [4.69, 9.17) is 9.73 Å². The number of rotatable bonds is 8. The van der Waals surface area contributed by atoms with Gasteiger partial charge < -0.3 is 15.0 Å². The van der Waals surface area contributed by atoms with Gasteiger partial charge in [-0.05, 0) is 35.9 Å². The third kappa shape index (κ3) is 5.98. The van der Waals surface area contributed by atoms with Gasteiger partial charge in [0.05, 0.1) is 13.2 Å². The Hall–Kier alpha value is -1.85. The zero-order valence-electron chi connectivity index (χ0n) is 14.8. The van der Waals surface area contributed by atoms with E-state index in [9.17, 15) is 0 Å². The lowest BCUT2D eigenvalue weighted by atomic mass is 10.1. The summed E-state index contributed by atoms with van der Waals surface area (Å²) >= 11 is 1.81. The Bertz CT molecular complexity index is 625. The summed E-state index contributed by atoms with van der Waals surface area (Å²) in [5, 5.41) is 5.50. The molecule has 0 spiro atoms. The van der Waals surface area contributed by atoms with Gasteiger partial charge in [0.25, 0.3) is 0 Å². The highest BCUT2D eigenvalue weighted by Crippen LogP contribution is 2.10. The number of ether oxygens (including phenoxy) is 1. The van der Waals surface area contributed by atoms with Crippen LogP contribution in [0.1, 0.15) is 22.9 Å². The first-order valence-electron chi connectivity index (χ1n) is 8.31. The summed E-state index contributed by atoms with van der Waals surface area (Å²) in [6.45, 7) is 5.23. The minimum Gasteiger partial charge on any atom is -0.380 e. The van der Waals surface area contributed by atoms with Gasteiger partial charge in [0, 0.05) is 32.1 Å². The van der Waals surface area contributed by atoms with Crippen molar-refractivity contribution in [3.05, 3.63) is 57.8 Å². The Labute approximate surface area is 149 Å². The minimum absolute atomic E-state index is 0.637. The van der Waals surface area contributed by atoms with Crippen LogP contribution in [-0.4, -0.2) is 38.1 Å². The average molecular weight is 346 g/mol. The highest BCUT2D eigenvalue weighted by atomic mass is 32.1. The number of thiophene rings is 1. The fourth-order valence-corrected chi connectivity index (χ4v) is 3.16. The van der Waals surface area contributed by atoms with Crippen LogP contribution in [0.2, 0.25) is 0 Å². The van der Waals surface area contributed by atoms with Crippen molar-refractivity contribution in [3.8, 4) is 0 Å². The van der Waals surface area contributed by atoms with Crippen molar-refractivity contribution < 1.29 is 4.74 Å². The van der Waals surface area contributed by atoms with Crippen LogP contribution in [0.4, 0.5) is 0 Å². The molecule has 0 radical (unpaired) electrons. The van der Waals surface area contributed by atoms with E-state index in [1.54, 1.807) is 7.11 Å². The molecular formula is C19H27N3OS. The molecule has 0 unspecified atom stereocenters. The van der Waals surface area contributed by atoms with Crippen molar-refractivity contribution in [2.75, 3.05) is 27.2 Å². The first-order valence-corrected chi connectivity index (χ1v) is 9.19. The molecule has 0 saturated heterocycles. The first-order chi connectivity index (χ1) is 11.7. The second-order valence-electron chi connectivity index (χ2n) is 5.67. The number of guanidine groups is 1. The van der Waals surface area contributed by atoms with Gasteiger partial charge in [-0.25, -0.2) is 4.99 Å². The van der Waals surface area contributed by atoms with Crippen LogP contribution in [0.3, 0.4) is 0 Å². The number of benzene rings is 1. The minimum atomic E-state index is 0.637. The Morgan fingerprint density at radius 1 is 1.25 bits per heavy atom. The molecule has 0 atom stereocenters. The number of nitrogens with one attached hydrogen (secondary N) is 1. The highest BCUT2D eigenvalue weighted by molar-refractivity contribution is 7.09. The summed E-state index contributed by atoms with van der Waals surface area (Å²) in [4.78, 5) is 8.38. The van der Waals surface area contributed by atoms with Crippen molar-refractivity contribution in [1.29, 1.82) is 0 Å². The zero-order chi connectivity index (χ0) is 17.2. The van der Waals surface area contributed by atoms with Crippen molar-refractivity contribution in [2.45, 2.75) is 26.5 Å². The smallest absolute Gasteiger partial charge is 0.193 e. The van der Waals surface area contributed by atoms with E-state index in [1.807, 2.05) is 11.3 Å². The summed E-state index contributed by atoms with van der Waals surface area (Å²) in [6.07, 6.45) is 1.04. The van der Waals surface area contributed by atoms with E-state index in [1.165, 1.54) is 16.0 Å². The van der Waals surface area contributed by atoms with E-state index in [0.717, 1.165) is 25.5 Å². The maximum atomic E-state index is 5.20. The van der Waals surface area contributed by atoms with Crippen LogP contribution < -0.4 is 5.32 Å². The lowest BCUT2D eigenvalue weighted by Gasteiger charge is -2.21. The third-order valence-electron chi connectivity index (χ3n) is 3.68. The molecular weight excluding hydrogens is 318 g/mol. The number of methoxy groups -OCH3 is 1. The normalized spacial score (nSPS) is 11.5. The molecule has 1 N–H and O–H groups in total. The molecule has 0 bridgehead atoms. The van der Waals surface area contributed by atoms with Crippen LogP contribution in [0, 0.1) is 0 Å². The zero-order valence-corrected chi connectivity index (χ0v) is 15.6. The number of likely N-dealkylation sites (N-methyl/N-ethyl adjacent to an activating group) is 1. The van der Waals surface area contributed by atoms with Gasteiger partial charge in [-0.1, -0.05) is 30.3 Å². The van der Waals surface area contributed by atoms with Gasteiger partial charge in [-0.3, -0.25) is 0 Å². The van der Waals surface area contributed by atoms with Crippen molar-refractivity contribution in [3.63, 3.8) is 0 Å².